The van der Waals surface area contributed by atoms with Crippen molar-refractivity contribution in [1.82, 2.24) is 9.55 Å². The van der Waals surface area contributed by atoms with Crippen molar-refractivity contribution in [3.8, 4) is 0 Å². The van der Waals surface area contributed by atoms with Crippen LogP contribution < -0.4 is 5.32 Å². The van der Waals surface area contributed by atoms with E-state index in [-0.39, 0.29) is 5.91 Å². The molecule has 0 saturated carbocycles. The van der Waals surface area contributed by atoms with Crippen LogP contribution in [0.4, 0.5) is 5.82 Å². The first-order valence-electron chi connectivity index (χ1n) is 5.06. The number of carbonyl (C=O) groups is 1. The summed E-state index contributed by atoms with van der Waals surface area (Å²) in [5.41, 5.74) is 0.996. The third-order valence-corrected chi connectivity index (χ3v) is 2.19. The summed E-state index contributed by atoms with van der Waals surface area (Å²) in [7, 11) is 1.93. The number of hydrogen-bond donors (Lipinski definition) is 1. The molecular formula is C12H13N3O. The summed E-state index contributed by atoms with van der Waals surface area (Å²) in [5.74, 6) is 0.535. The molecule has 0 fully saturated rings. The number of carbonyl (C=O) groups excluding carboxylic acids is 1. The molecule has 0 spiro atoms. The molecule has 16 heavy (non-hydrogen) atoms. The molecular weight excluding hydrogens is 202 g/mol. The Morgan fingerprint density at radius 3 is 2.94 bits per heavy atom. The molecule has 0 aliphatic rings. The lowest BCUT2D eigenvalue weighted by Gasteiger charge is -2.02. The smallest absolute Gasteiger partial charge is 0.230 e. The van der Waals surface area contributed by atoms with Gasteiger partial charge in [0.25, 0.3) is 0 Å². The first kappa shape index (κ1) is 10.4. The summed E-state index contributed by atoms with van der Waals surface area (Å²) in [5, 5.41) is 2.74. The Bertz CT molecular complexity index is 476. The van der Waals surface area contributed by atoms with Gasteiger partial charge in [0.2, 0.25) is 5.91 Å². The van der Waals surface area contributed by atoms with Gasteiger partial charge in [-0.25, -0.2) is 4.98 Å². The molecule has 0 bridgehead atoms. The van der Waals surface area contributed by atoms with Crippen molar-refractivity contribution in [3.63, 3.8) is 0 Å². The largest absolute Gasteiger partial charge is 0.357 e. The third-order valence-electron chi connectivity index (χ3n) is 2.19. The molecule has 2 aromatic rings. The quantitative estimate of drug-likeness (QED) is 0.845. The second-order valence-corrected chi connectivity index (χ2v) is 3.63. The lowest BCUT2D eigenvalue weighted by atomic mass is 10.2. The maximum Gasteiger partial charge on any atom is 0.230 e. The van der Waals surface area contributed by atoms with Gasteiger partial charge < -0.3 is 9.88 Å². The zero-order chi connectivity index (χ0) is 11.4. The molecule has 4 heteroatoms. The van der Waals surface area contributed by atoms with Gasteiger partial charge in [-0.05, 0) is 23.8 Å². The highest BCUT2D eigenvalue weighted by atomic mass is 16.1. The molecule has 0 atom stereocenters. The minimum Gasteiger partial charge on any atom is -0.357 e. The number of anilines is 1. The van der Waals surface area contributed by atoms with Gasteiger partial charge in [0.15, 0.2) is 0 Å². The van der Waals surface area contributed by atoms with E-state index in [4.69, 9.17) is 0 Å². The standard InChI is InChI=1S/C12H13N3O/c1-15-7-5-10(9-15)8-12(16)14-11-4-2-3-6-13-11/h2-7,9H,8H2,1H3,(H,13,14,16). The Labute approximate surface area is 93.9 Å². The van der Waals surface area contributed by atoms with E-state index in [2.05, 4.69) is 10.3 Å². The van der Waals surface area contributed by atoms with Crippen molar-refractivity contribution < 1.29 is 4.79 Å². The van der Waals surface area contributed by atoms with E-state index < -0.39 is 0 Å². The van der Waals surface area contributed by atoms with Crippen molar-refractivity contribution in [1.29, 1.82) is 0 Å². The molecule has 0 aliphatic heterocycles. The Morgan fingerprint density at radius 1 is 1.44 bits per heavy atom. The fourth-order valence-corrected chi connectivity index (χ4v) is 1.47. The van der Waals surface area contributed by atoms with Crippen LogP contribution in [0.15, 0.2) is 42.9 Å². The number of aromatic nitrogens is 2. The van der Waals surface area contributed by atoms with Crippen LogP contribution in [0.2, 0.25) is 0 Å². The predicted octanol–water partition coefficient (Wildman–Crippen LogP) is 1.60. The second-order valence-electron chi connectivity index (χ2n) is 3.63. The summed E-state index contributed by atoms with van der Waals surface area (Å²) < 4.78 is 1.92. The highest BCUT2D eigenvalue weighted by Crippen LogP contribution is 2.04. The minimum atomic E-state index is -0.0510. The Morgan fingerprint density at radius 2 is 2.31 bits per heavy atom. The average molecular weight is 215 g/mol. The SMILES string of the molecule is Cn1ccc(CC(=O)Nc2ccccn2)c1. The van der Waals surface area contributed by atoms with Crippen molar-refractivity contribution in [2.45, 2.75) is 6.42 Å². The number of aryl methyl sites for hydroxylation is 1. The van der Waals surface area contributed by atoms with Crippen molar-refractivity contribution in [2.24, 2.45) is 7.05 Å². The Balaban J connectivity index is 1.95. The molecule has 0 aromatic carbocycles. The molecule has 1 N–H and O–H groups in total. The van der Waals surface area contributed by atoms with Gasteiger partial charge in [0.05, 0.1) is 6.42 Å². The molecule has 2 rings (SSSR count). The van der Waals surface area contributed by atoms with Crippen LogP contribution in [0.5, 0.6) is 0 Å². The molecule has 2 aromatic heterocycles. The topological polar surface area (TPSA) is 46.9 Å². The fraction of sp³-hybridized carbons (Fsp3) is 0.167. The highest BCUT2D eigenvalue weighted by molar-refractivity contribution is 5.91. The first-order chi connectivity index (χ1) is 7.74. The summed E-state index contributed by atoms with van der Waals surface area (Å²) in [6, 6.07) is 7.35. The zero-order valence-corrected chi connectivity index (χ0v) is 9.05. The normalized spacial score (nSPS) is 10.1. The molecule has 82 valence electrons. The first-order valence-corrected chi connectivity index (χ1v) is 5.06. The number of amides is 1. The summed E-state index contributed by atoms with van der Waals surface area (Å²) >= 11 is 0. The lowest BCUT2D eigenvalue weighted by molar-refractivity contribution is -0.115. The zero-order valence-electron chi connectivity index (χ0n) is 9.05. The molecule has 0 radical (unpaired) electrons. The third kappa shape index (κ3) is 2.70. The van der Waals surface area contributed by atoms with Crippen molar-refractivity contribution in [3.05, 3.63) is 48.4 Å². The number of hydrogen-bond acceptors (Lipinski definition) is 2. The Hall–Kier alpha value is -2.10. The molecule has 2 heterocycles. The monoisotopic (exact) mass is 215 g/mol. The van der Waals surface area contributed by atoms with Crippen LogP contribution in [0, 0.1) is 0 Å². The number of nitrogens with zero attached hydrogens (tertiary/aromatic N) is 2. The van der Waals surface area contributed by atoms with Crippen LogP contribution >= 0.6 is 0 Å². The van der Waals surface area contributed by atoms with Gasteiger partial charge in [-0.2, -0.15) is 0 Å². The number of rotatable bonds is 3. The number of pyridine rings is 1. The van der Waals surface area contributed by atoms with Crippen LogP contribution in [0.1, 0.15) is 5.56 Å². The van der Waals surface area contributed by atoms with E-state index in [1.807, 2.05) is 42.2 Å². The van der Waals surface area contributed by atoms with Gasteiger partial charge in [-0.1, -0.05) is 6.07 Å². The molecule has 0 aliphatic carbocycles. The van der Waals surface area contributed by atoms with Crippen LogP contribution in [0.25, 0.3) is 0 Å². The maximum atomic E-state index is 11.6. The average Bonchev–Trinajstić information content (AvgIpc) is 2.65. The minimum absolute atomic E-state index is 0.0510. The molecule has 1 amide bonds. The maximum absolute atomic E-state index is 11.6. The summed E-state index contributed by atoms with van der Waals surface area (Å²) in [6.07, 6.45) is 5.87. The van der Waals surface area contributed by atoms with Crippen LogP contribution in [-0.4, -0.2) is 15.5 Å². The molecule has 0 unspecified atom stereocenters. The van der Waals surface area contributed by atoms with Crippen LogP contribution in [-0.2, 0) is 18.3 Å². The van der Waals surface area contributed by atoms with E-state index in [1.165, 1.54) is 0 Å². The summed E-state index contributed by atoms with van der Waals surface area (Å²) in [4.78, 5) is 15.7. The van der Waals surface area contributed by atoms with Crippen molar-refractivity contribution >= 4 is 11.7 Å². The van der Waals surface area contributed by atoms with E-state index >= 15 is 0 Å². The van der Waals surface area contributed by atoms with E-state index in [9.17, 15) is 4.79 Å². The predicted molar refractivity (Wildman–Crippen MR) is 62.0 cm³/mol. The van der Waals surface area contributed by atoms with E-state index in [0.29, 0.717) is 12.2 Å². The van der Waals surface area contributed by atoms with Gasteiger partial charge in [-0.15, -0.1) is 0 Å². The van der Waals surface area contributed by atoms with Gasteiger partial charge >= 0.3 is 0 Å². The second kappa shape index (κ2) is 4.61. The van der Waals surface area contributed by atoms with E-state index in [0.717, 1.165) is 5.56 Å². The van der Waals surface area contributed by atoms with Gasteiger partial charge in [0, 0.05) is 25.6 Å². The van der Waals surface area contributed by atoms with Gasteiger partial charge in [-0.3, -0.25) is 4.79 Å². The summed E-state index contributed by atoms with van der Waals surface area (Å²) in [6.45, 7) is 0. The highest BCUT2D eigenvalue weighted by Gasteiger charge is 2.04. The van der Waals surface area contributed by atoms with Crippen LogP contribution in [0.3, 0.4) is 0 Å². The lowest BCUT2D eigenvalue weighted by Crippen LogP contribution is -2.14. The van der Waals surface area contributed by atoms with E-state index in [1.54, 1.807) is 12.3 Å². The molecule has 4 nitrogen and oxygen atoms in total. The number of nitrogens with one attached hydrogen (secondary N) is 1. The van der Waals surface area contributed by atoms with Crippen molar-refractivity contribution in [2.75, 3.05) is 5.32 Å². The Kier molecular flexibility index (Phi) is 3.00. The van der Waals surface area contributed by atoms with Gasteiger partial charge in [0.1, 0.15) is 5.82 Å². The fourth-order valence-electron chi connectivity index (χ4n) is 1.47. The molecule has 0 saturated heterocycles.